The molecule has 0 bridgehead atoms. The fourth-order valence-corrected chi connectivity index (χ4v) is 1.98. The van der Waals surface area contributed by atoms with Gasteiger partial charge in [-0.15, -0.1) is 0 Å². The molecule has 3 rings (SSSR count). The van der Waals surface area contributed by atoms with Crippen molar-refractivity contribution >= 4 is 17.5 Å². The zero-order valence-corrected chi connectivity index (χ0v) is 11.0. The lowest BCUT2D eigenvalue weighted by Crippen LogP contribution is -2.37. The van der Waals surface area contributed by atoms with Gasteiger partial charge in [0.2, 0.25) is 5.91 Å². The van der Waals surface area contributed by atoms with Gasteiger partial charge in [-0.25, -0.2) is 4.98 Å². The number of carbonyl (C=O) groups is 1. The molecular formula is C12H16N6O. The minimum atomic E-state index is 0.0349. The minimum Gasteiger partial charge on any atom is -0.352 e. The predicted octanol–water partition coefficient (Wildman–Crippen LogP) is 0.148. The van der Waals surface area contributed by atoms with Crippen LogP contribution < -0.4 is 10.2 Å². The molecule has 1 aliphatic carbocycles. The summed E-state index contributed by atoms with van der Waals surface area (Å²) < 4.78 is 1.64. The van der Waals surface area contributed by atoms with Crippen molar-refractivity contribution in [3.63, 3.8) is 0 Å². The number of aromatic nitrogens is 4. The van der Waals surface area contributed by atoms with E-state index in [4.69, 9.17) is 0 Å². The molecule has 0 radical (unpaired) electrons. The number of anilines is 1. The maximum Gasteiger partial charge on any atom is 0.254 e. The average molecular weight is 260 g/mol. The number of aryl methyl sites for hydroxylation is 1. The van der Waals surface area contributed by atoms with Crippen molar-refractivity contribution in [1.82, 2.24) is 24.9 Å². The molecule has 1 N–H and O–H groups in total. The van der Waals surface area contributed by atoms with Crippen LogP contribution in [0.1, 0.15) is 18.5 Å². The van der Waals surface area contributed by atoms with Crippen LogP contribution in [0.4, 0.5) is 5.82 Å². The Balaban J connectivity index is 1.81. The first-order chi connectivity index (χ1) is 9.13. The summed E-state index contributed by atoms with van der Waals surface area (Å²) in [5.74, 6) is 1.39. The Bertz CT molecular complexity index is 618. The van der Waals surface area contributed by atoms with Gasteiger partial charge in [-0.3, -0.25) is 4.79 Å². The molecular weight excluding hydrogens is 244 g/mol. The van der Waals surface area contributed by atoms with E-state index < -0.39 is 0 Å². The molecule has 100 valence electrons. The average Bonchev–Trinajstić information content (AvgIpc) is 3.03. The van der Waals surface area contributed by atoms with Crippen molar-refractivity contribution in [2.45, 2.75) is 25.8 Å². The minimum absolute atomic E-state index is 0.0349. The summed E-state index contributed by atoms with van der Waals surface area (Å²) in [5, 5.41) is 7.10. The Morgan fingerprint density at radius 2 is 2.37 bits per heavy atom. The van der Waals surface area contributed by atoms with E-state index in [-0.39, 0.29) is 5.91 Å². The number of hydrogen-bond acceptors (Lipinski definition) is 5. The number of fused-ring (bicyclic) bond motifs is 1. The second-order valence-corrected chi connectivity index (χ2v) is 4.93. The van der Waals surface area contributed by atoms with Gasteiger partial charge in [-0.05, 0) is 19.8 Å². The van der Waals surface area contributed by atoms with Crippen LogP contribution in [0.25, 0.3) is 5.78 Å². The summed E-state index contributed by atoms with van der Waals surface area (Å²) in [7, 11) is 1.86. The van der Waals surface area contributed by atoms with Gasteiger partial charge < -0.3 is 10.2 Å². The fraction of sp³-hybridized carbons (Fsp3) is 0.500. The second kappa shape index (κ2) is 4.49. The van der Waals surface area contributed by atoms with Crippen molar-refractivity contribution in [2.75, 3.05) is 18.5 Å². The monoisotopic (exact) mass is 260 g/mol. The third-order valence-electron chi connectivity index (χ3n) is 3.08. The van der Waals surface area contributed by atoms with Gasteiger partial charge >= 0.3 is 0 Å². The second-order valence-electron chi connectivity index (χ2n) is 4.93. The molecule has 2 heterocycles. The topological polar surface area (TPSA) is 75.4 Å². The van der Waals surface area contributed by atoms with Gasteiger partial charge in [0.05, 0.1) is 6.54 Å². The molecule has 1 fully saturated rings. The van der Waals surface area contributed by atoms with E-state index in [2.05, 4.69) is 20.4 Å². The van der Waals surface area contributed by atoms with Crippen LogP contribution in [0.2, 0.25) is 0 Å². The Morgan fingerprint density at radius 1 is 1.58 bits per heavy atom. The van der Waals surface area contributed by atoms with Gasteiger partial charge in [-0.1, -0.05) is 0 Å². The number of carbonyl (C=O) groups excluding carboxylic acids is 1. The van der Waals surface area contributed by atoms with Crippen molar-refractivity contribution in [1.29, 1.82) is 0 Å². The predicted molar refractivity (Wildman–Crippen MR) is 70.0 cm³/mol. The van der Waals surface area contributed by atoms with Crippen LogP contribution in [0, 0.1) is 6.92 Å². The molecule has 2 aromatic rings. The normalized spacial score (nSPS) is 14.6. The molecule has 0 unspecified atom stereocenters. The molecule has 1 saturated carbocycles. The lowest BCUT2D eigenvalue weighted by atomic mass is 10.4. The van der Waals surface area contributed by atoms with E-state index in [1.165, 1.54) is 6.33 Å². The highest BCUT2D eigenvalue weighted by atomic mass is 16.2. The lowest BCUT2D eigenvalue weighted by Gasteiger charge is -2.19. The number of rotatable bonds is 4. The van der Waals surface area contributed by atoms with Gasteiger partial charge in [0.25, 0.3) is 5.78 Å². The summed E-state index contributed by atoms with van der Waals surface area (Å²) in [5.41, 5.74) is 0.852. The molecule has 0 aliphatic heterocycles. The Labute approximate surface area is 110 Å². The van der Waals surface area contributed by atoms with Crippen LogP contribution in [-0.4, -0.2) is 45.1 Å². The van der Waals surface area contributed by atoms with E-state index in [0.29, 0.717) is 18.4 Å². The summed E-state index contributed by atoms with van der Waals surface area (Å²) >= 11 is 0. The van der Waals surface area contributed by atoms with E-state index in [1.54, 1.807) is 4.52 Å². The molecule has 1 aliphatic rings. The zero-order chi connectivity index (χ0) is 13.4. The summed E-state index contributed by atoms with van der Waals surface area (Å²) in [6.07, 6.45) is 3.65. The molecule has 7 heteroatoms. The molecule has 7 nitrogen and oxygen atoms in total. The largest absolute Gasteiger partial charge is 0.352 e. The standard InChI is InChI=1S/C12H16N6O/c1-8-5-11(18-12(15-8)13-7-14-18)17(2)6-10(19)16-9-3-4-9/h5,7,9H,3-4,6H2,1-2H3,(H,16,19). The number of likely N-dealkylation sites (N-methyl/N-ethyl adjacent to an activating group) is 1. The highest BCUT2D eigenvalue weighted by Crippen LogP contribution is 2.19. The van der Waals surface area contributed by atoms with E-state index in [9.17, 15) is 4.79 Å². The molecule has 0 atom stereocenters. The SMILES string of the molecule is Cc1cc(N(C)CC(=O)NC2CC2)n2ncnc2n1. The Hall–Kier alpha value is -2.18. The molecule has 19 heavy (non-hydrogen) atoms. The fourth-order valence-electron chi connectivity index (χ4n) is 1.98. The number of nitrogens with zero attached hydrogens (tertiary/aromatic N) is 5. The van der Waals surface area contributed by atoms with Gasteiger partial charge in [-0.2, -0.15) is 14.6 Å². The smallest absolute Gasteiger partial charge is 0.254 e. The van der Waals surface area contributed by atoms with E-state index in [1.807, 2.05) is 24.9 Å². The van der Waals surface area contributed by atoms with Gasteiger partial charge in [0, 0.05) is 24.8 Å². The highest BCUT2D eigenvalue weighted by Gasteiger charge is 2.24. The van der Waals surface area contributed by atoms with Gasteiger partial charge in [0.1, 0.15) is 12.1 Å². The molecule has 1 amide bonds. The number of amides is 1. The van der Waals surface area contributed by atoms with Gasteiger partial charge in [0.15, 0.2) is 0 Å². The molecule has 0 aromatic carbocycles. The quantitative estimate of drug-likeness (QED) is 0.846. The van der Waals surface area contributed by atoms with Crippen molar-refractivity contribution in [3.05, 3.63) is 18.1 Å². The van der Waals surface area contributed by atoms with E-state index in [0.717, 1.165) is 24.4 Å². The first-order valence-electron chi connectivity index (χ1n) is 6.31. The summed E-state index contributed by atoms with van der Waals surface area (Å²) in [4.78, 5) is 22.0. The van der Waals surface area contributed by atoms with Crippen LogP contribution >= 0.6 is 0 Å². The summed E-state index contributed by atoms with van der Waals surface area (Å²) in [6.45, 7) is 2.20. The Kier molecular flexibility index (Phi) is 2.81. The molecule has 0 saturated heterocycles. The third-order valence-corrected chi connectivity index (χ3v) is 3.08. The number of hydrogen-bond donors (Lipinski definition) is 1. The maximum absolute atomic E-state index is 11.8. The lowest BCUT2D eigenvalue weighted by molar-refractivity contribution is -0.119. The van der Waals surface area contributed by atoms with Crippen LogP contribution in [0.15, 0.2) is 12.4 Å². The highest BCUT2D eigenvalue weighted by molar-refractivity contribution is 5.81. The van der Waals surface area contributed by atoms with Crippen LogP contribution in [0.3, 0.4) is 0 Å². The molecule has 2 aromatic heterocycles. The van der Waals surface area contributed by atoms with Crippen LogP contribution in [-0.2, 0) is 4.79 Å². The van der Waals surface area contributed by atoms with Crippen LogP contribution in [0.5, 0.6) is 0 Å². The van der Waals surface area contributed by atoms with E-state index >= 15 is 0 Å². The zero-order valence-electron chi connectivity index (χ0n) is 11.0. The Morgan fingerprint density at radius 3 is 3.11 bits per heavy atom. The first-order valence-corrected chi connectivity index (χ1v) is 6.31. The number of nitrogens with one attached hydrogen (secondary N) is 1. The van der Waals surface area contributed by atoms with Crippen molar-refractivity contribution < 1.29 is 4.79 Å². The molecule has 0 spiro atoms. The van der Waals surface area contributed by atoms with Crippen molar-refractivity contribution in [3.8, 4) is 0 Å². The van der Waals surface area contributed by atoms with Crippen molar-refractivity contribution in [2.24, 2.45) is 0 Å². The summed E-state index contributed by atoms with van der Waals surface area (Å²) in [6, 6.07) is 2.28. The first kappa shape index (κ1) is 11.9. The maximum atomic E-state index is 11.8. The third kappa shape index (κ3) is 2.49.